The van der Waals surface area contributed by atoms with Crippen LogP contribution in [0.2, 0.25) is 0 Å². The Morgan fingerprint density at radius 1 is 0.667 bits per heavy atom. The highest BCUT2D eigenvalue weighted by Crippen LogP contribution is 2.24. The standard InChI is InChI=1S/C14H10.H3O3P/c1-3-7-13-11(5-1)9-10-12-6-2-4-8-14(12)13;1-4(2)3/h1-10H;4H,(H2,1,2,3). The smallest absolute Gasteiger partial charge is 0.314 e. The molecule has 0 aromatic heterocycles. The quantitative estimate of drug-likeness (QED) is 0.481. The number of fused-ring (bicyclic) bond motifs is 3. The van der Waals surface area contributed by atoms with E-state index in [-0.39, 0.29) is 0 Å². The van der Waals surface area contributed by atoms with Crippen molar-refractivity contribution in [2.45, 2.75) is 0 Å². The first-order valence-corrected chi connectivity index (χ1v) is 6.77. The van der Waals surface area contributed by atoms with Crippen molar-refractivity contribution in [3.05, 3.63) is 60.7 Å². The van der Waals surface area contributed by atoms with Gasteiger partial charge in [0, 0.05) is 0 Å². The molecule has 3 aromatic carbocycles. The van der Waals surface area contributed by atoms with E-state index in [9.17, 15) is 0 Å². The van der Waals surface area contributed by atoms with Crippen molar-refractivity contribution in [1.29, 1.82) is 0 Å². The van der Waals surface area contributed by atoms with Crippen LogP contribution < -0.4 is 0 Å². The van der Waals surface area contributed by atoms with Gasteiger partial charge in [0.15, 0.2) is 0 Å². The summed E-state index contributed by atoms with van der Waals surface area (Å²) in [5.41, 5.74) is 0. The third-order valence-corrected chi connectivity index (χ3v) is 2.65. The lowest BCUT2D eigenvalue weighted by Gasteiger charge is -2.02. The molecule has 3 rings (SSSR count). The van der Waals surface area contributed by atoms with Gasteiger partial charge < -0.3 is 9.79 Å². The molecule has 0 amide bonds. The Bertz CT molecular complexity index is 636. The van der Waals surface area contributed by atoms with Crippen LogP contribution in [0.4, 0.5) is 0 Å². The molecule has 0 bridgehead atoms. The first kappa shape index (κ1) is 12.8. The number of benzene rings is 3. The molecule has 0 saturated heterocycles. The minimum absolute atomic E-state index is 1.31. The topological polar surface area (TPSA) is 57.5 Å². The van der Waals surface area contributed by atoms with Crippen LogP contribution in [0.25, 0.3) is 21.5 Å². The Kier molecular flexibility index (Phi) is 4.11. The van der Waals surface area contributed by atoms with Gasteiger partial charge in [-0.05, 0) is 21.5 Å². The lowest BCUT2D eigenvalue weighted by atomic mass is 10.0. The van der Waals surface area contributed by atoms with E-state index in [4.69, 9.17) is 14.4 Å². The van der Waals surface area contributed by atoms with Gasteiger partial charge >= 0.3 is 8.25 Å². The van der Waals surface area contributed by atoms with E-state index in [1.807, 2.05) is 0 Å². The van der Waals surface area contributed by atoms with Crippen molar-refractivity contribution in [3.63, 3.8) is 0 Å². The van der Waals surface area contributed by atoms with E-state index in [1.165, 1.54) is 21.5 Å². The predicted molar refractivity (Wildman–Crippen MR) is 74.9 cm³/mol. The molecule has 4 heteroatoms. The van der Waals surface area contributed by atoms with Gasteiger partial charge in [0.25, 0.3) is 0 Å². The molecule has 0 aliphatic carbocycles. The lowest BCUT2D eigenvalue weighted by molar-refractivity contribution is 0.405. The summed E-state index contributed by atoms with van der Waals surface area (Å²) in [7, 11) is -3.13. The Hall–Kier alpha value is -1.67. The van der Waals surface area contributed by atoms with E-state index >= 15 is 0 Å². The first-order valence-electron chi connectivity index (χ1n) is 5.47. The van der Waals surface area contributed by atoms with E-state index in [2.05, 4.69) is 60.7 Å². The average molecular weight is 260 g/mol. The van der Waals surface area contributed by atoms with Crippen LogP contribution in [0, 0.1) is 0 Å². The fraction of sp³-hybridized carbons (Fsp3) is 0. The van der Waals surface area contributed by atoms with E-state index in [0.29, 0.717) is 0 Å². The third-order valence-electron chi connectivity index (χ3n) is 2.65. The fourth-order valence-electron chi connectivity index (χ4n) is 1.95. The maximum Gasteiger partial charge on any atom is 0.314 e. The zero-order valence-corrected chi connectivity index (χ0v) is 10.6. The van der Waals surface area contributed by atoms with Gasteiger partial charge in [-0.15, -0.1) is 0 Å². The Morgan fingerprint density at radius 2 is 1.00 bits per heavy atom. The third kappa shape index (κ3) is 2.96. The zero-order chi connectivity index (χ0) is 13.0. The van der Waals surface area contributed by atoms with Gasteiger partial charge in [0.2, 0.25) is 0 Å². The number of hydrogen-bond acceptors (Lipinski definition) is 1. The summed E-state index contributed by atoms with van der Waals surface area (Å²) >= 11 is 0. The van der Waals surface area contributed by atoms with Crippen LogP contribution in [0.1, 0.15) is 0 Å². The van der Waals surface area contributed by atoms with Crippen LogP contribution in [0.3, 0.4) is 0 Å². The maximum atomic E-state index is 8.74. The molecule has 0 atom stereocenters. The largest absolute Gasteiger partial charge is 0.326 e. The average Bonchev–Trinajstić information content (AvgIpc) is 2.38. The van der Waals surface area contributed by atoms with Crippen molar-refractivity contribution in [1.82, 2.24) is 0 Å². The Balaban J connectivity index is 0.000000267. The molecule has 0 saturated carbocycles. The summed E-state index contributed by atoms with van der Waals surface area (Å²) in [5, 5.41) is 5.30. The van der Waals surface area contributed by atoms with Crippen LogP contribution in [-0.2, 0) is 4.57 Å². The summed E-state index contributed by atoms with van der Waals surface area (Å²) < 4.78 is 8.74. The second kappa shape index (κ2) is 5.78. The highest BCUT2D eigenvalue weighted by atomic mass is 31.1. The summed E-state index contributed by atoms with van der Waals surface area (Å²) in [6, 6.07) is 21.4. The lowest BCUT2D eigenvalue weighted by Crippen LogP contribution is -1.75. The van der Waals surface area contributed by atoms with Gasteiger partial charge in [-0.1, -0.05) is 60.7 Å². The highest BCUT2D eigenvalue weighted by Gasteiger charge is 1.97. The Morgan fingerprint density at radius 3 is 1.39 bits per heavy atom. The summed E-state index contributed by atoms with van der Waals surface area (Å²) in [4.78, 5) is 14.3. The summed E-state index contributed by atoms with van der Waals surface area (Å²) in [6.07, 6.45) is 0. The van der Waals surface area contributed by atoms with Crippen molar-refractivity contribution in [3.8, 4) is 0 Å². The molecule has 92 valence electrons. The number of hydrogen-bond donors (Lipinski definition) is 2. The maximum absolute atomic E-state index is 8.74. The molecule has 0 heterocycles. The molecule has 0 aliphatic heterocycles. The van der Waals surface area contributed by atoms with Crippen molar-refractivity contribution < 1.29 is 14.4 Å². The number of rotatable bonds is 0. The molecule has 0 radical (unpaired) electrons. The van der Waals surface area contributed by atoms with Crippen molar-refractivity contribution in [2.24, 2.45) is 0 Å². The Labute approximate surface area is 105 Å². The van der Waals surface area contributed by atoms with Crippen LogP contribution in [0.5, 0.6) is 0 Å². The van der Waals surface area contributed by atoms with Crippen molar-refractivity contribution >= 4 is 29.8 Å². The van der Waals surface area contributed by atoms with Gasteiger partial charge in [0.05, 0.1) is 0 Å². The molecule has 3 nitrogen and oxygen atoms in total. The van der Waals surface area contributed by atoms with Gasteiger partial charge in [0.1, 0.15) is 0 Å². The highest BCUT2D eigenvalue weighted by molar-refractivity contribution is 7.30. The van der Waals surface area contributed by atoms with Gasteiger partial charge in [-0.25, -0.2) is 0 Å². The predicted octanol–water partition coefficient (Wildman–Crippen LogP) is 3.35. The molecule has 0 aliphatic rings. The molecular weight excluding hydrogens is 247 g/mol. The molecule has 0 unspecified atom stereocenters. The molecule has 2 N–H and O–H groups in total. The molecule has 3 aromatic rings. The molecule has 0 fully saturated rings. The minimum Gasteiger partial charge on any atom is -0.326 e. The van der Waals surface area contributed by atoms with Crippen LogP contribution >= 0.6 is 8.25 Å². The first-order chi connectivity index (χ1) is 8.68. The molecular formula is C14H13O3P. The second-order valence-corrected chi connectivity index (χ2v) is 4.36. The van der Waals surface area contributed by atoms with Crippen LogP contribution in [0.15, 0.2) is 60.7 Å². The second-order valence-electron chi connectivity index (χ2n) is 3.79. The minimum atomic E-state index is -3.13. The summed E-state index contributed by atoms with van der Waals surface area (Å²) in [6.45, 7) is 0. The summed E-state index contributed by atoms with van der Waals surface area (Å²) in [5.74, 6) is 0. The van der Waals surface area contributed by atoms with Gasteiger partial charge in [-0.3, -0.25) is 4.57 Å². The fourth-order valence-corrected chi connectivity index (χ4v) is 1.95. The van der Waals surface area contributed by atoms with Crippen molar-refractivity contribution in [2.75, 3.05) is 0 Å². The zero-order valence-electron chi connectivity index (χ0n) is 9.58. The van der Waals surface area contributed by atoms with Crippen LogP contribution in [-0.4, -0.2) is 9.79 Å². The monoisotopic (exact) mass is 260 g/mol. The normalized spacial score (nSPS) is 10.4. The van der Waals surface area contributed by atoms with E-state index in [1.54, 1.807) is 0 Å². The SMILES string of the molecule is O=[PH](O)O.c1ccc2c(c1)ccc1ccccc12. The molecule has 18 heavy (non-hydrogen) atoms. The van der Waals surface area contributed by atoms with E-state index < -0.39 is 8.25 Å². The molecule has 0 spiro atoms. The van der Waals surface area contributed by atoms with E-state index in [0.717, 1.165) is 0 Å². The van der Waals surface area contributed by atoms with Gasteiger partial charge in [-0.2, -0.15) is 0 Å².